The highest BCUT2D eigenvalue weighted by Crippen LogP contribution is 2.23. The third kappa shape index (κ3) is 6.57. The first kappa shape index (κ1) is 24.4. The zero-order valence-corrected chi connectivity index (χ0v) is 19.6. The summed E-state index contributed by atoms with van der Waals surface area (Å²) in [6.45, 7) is 3.95. The first-order valence-electron chi connectivity index (χ1n) is 9.97. The highest BCUT2D eigenvalue weighted by Gasteiger charge is 2.30. The maximum Gasteiger partial charge on any atom is 0.243 e. The summed E-state index contributed by atoms with van der Waals surface area (Å²) in [6.07, 6.45) is 4.28. The topological polar surface area (TPSA) is 60.9 Å². The quantitative estimate of drug-likeness (QED) is 0.578. The van der Waals surface area contributed by atoms with Crippen LogP contribution in [0, 0.1) is 5.92 Å². The van der Waals surface area contributed by atoms with Gasteiger partial charge in [-0.05, 0) is 54.3 Å². The van der Waals surface area contributed by atoms with Crippen molar-refractivity contribution in [2.45, 2.75) is 31.2 Å². The van der Waals surface area contributed by atoms with E-state index in [0.717, 1.165) is 11.3 Å². The van der Waals surface area contributed by atoms with Crippen LogP contribution in [-0.4, -0.2) is 51.1 Å². The number of nitrogens with zero attached hydrogens (tertiary/aromatic N) is 2. The first-order chi connectivity index (χ1) is 14.1. The summed E-state index contributed by atoms with van der Waals surface area (Å²) in [5, 5.41) is 10.4. The summed E-state index contributed by atoms with van der Waals surface area (Å²) in [5.74, 6) is 0.243. The zero-order valence-electron chi connectivity index (χ0n) is 18.0. The summed E-state index contributed by atoms with van der Waals surface area (Å²) in [6, 6.07) is 13.6. The van der Waals surface area contributed by atoms with Gasteiger partial charge in [0.2, 0.25) is 10.0 Å². The number of anilines is 1. The fourth-order valence-electron chi connectivity index (χ4n) is 3.19. The Labute approximate surface area is 185 Å². The summed E-state index contributed by atoms with van der Waals surface area (Å²) in [5.41, 5.74) is 2.07. The van der Waals surface area contributed by atoms with Crippen LogP contribution >= 0.6 is 11.6 Å². The number of hydrogen-bond donors (Lipinski definition) is 1. The van der Waals surface area contributed by atoms with Crippen molar-refractivity contribution in [3.63, 3.8) is 0 Å². The predicted octanol–water partition coefficient (Wildman–Crippen LogP) is 4.52. The maximum atomic E-state index is 13.3. The lowest BCUT2D eigenvalue weighted by Gasteiger charge is -2.30. The molecule has 0 aromatic heterocycles. The summed E-state index contributed by atoms with van der Waals surface area (Å²) >= 11 is 5.92. The van der Waals surface area contributed by atoms with Gasteiger partial charge in [-0.25, -0.2) is 8.42 Å². The lowest BCUT2D eigenvalue weighted by molar-refractivity contribution is 0.175. The van der Waals surface area contributed by atoms with Crippen LogP contribution in [0.2, 0.25) is 5.02 Å². The van der Waals surface area contributed by atoms with Crippen LogP contribution in [0.5, 0.6) is 0 Å². The zero-order chi connectivity index (χ0) is 22.3. The molecule has 0 saturated carbocycles. The van der Waals surface area contributed by atoms with Crippen LogP contribution in [0.4, 0.5) is 5.69 Å². The number of rotatable bonds is 10. The van der Waals surface area contributed by atoms with Crippen LogP contribution in [0.3, 0.4) is 0 Å². The molecule has 2 aromatic rings. The molecule has 2 aromatic carbocycles. The lowest BCUT2D eigenvalue weighted by atomic mass is 10.0. The lowest BCUT2D eigenvalue weighted by Crippen LogP contribution is -2.43. The Morgan fingerprint density at radius 1 is 1.03 bits per heavy atom. The van der Waals surface area contributed by atoms with Gasteiger partial charge in [0.25, 0.3) is 0 Å². The molecule has 164 valence electrons. The first-order valence-corrected chi connectivity index (χ1v) is 11.8. The van der Waals surface area contributed by atoms with E-state index in [4.69, 9.17) is 11.6 Å². The van der Waals surface area contributed by atoms with E-state index in [1.807, 2.05) is 69.3 Å². The number of halogens is 1. The Hall–Kier alpha value is -1.86. The summed E-state index contributed by atoms with van der Waals surface area (Å²) < 4.78 is 28.0. The maximum absolute atomic E-state index is 13.3. The van der Waals surface area contributed by atoms with Crippen molar-refractivity contribution in [1.82, 2.24) is 4.31 Å². The molecule has 1 atom stereocenters. The molecule has 0 bridgehead atoms. The monoisotopic (exact) mass is 450 g/mol. The Morgan fingerprint density at radius 2 is 1.63 bits per heavy atom. The van der Waals surface area contributed by atoms with Crippen molar-refractivity contribution in [1.29, 1.82) is 0 Å². The molecule has 0 aliphatic rings. The van der Waals surface area contributed by atoms with Crippen LogP contribution in [-0.2, 0) is 10.0 Å². The van der Waals surface area contributed by atoms with Crippen molar-refractivity contribution in [3.05, 3.63) is 65.2 Å². The van der Waals surface area contributed by atoms with Crippen LogP contribution in [0.25, 0.3) is 6.08 Å². The Kier molecular flexibility index (Phi) is 8.92. The molecule has 0 saturated heterocycles. The molecule has 30 heavy (non-hydrogen) atoms. The Bertz CT molecular complexity index is 924. The van der Waals surface area contributed by atoms with Gasteiger partial charge in [-0.3, -0.25) is 0 Å². The summed E-state index contributed by atoms with van der Waals surface area (Å²) in [4.78, 5) is 2.18. The van der Waals surface area contributed by atoms with Gasteiger partial charge >= 0.3 is 0 Å². The summed E-state index contributed by atoms with van der Waals surface area (Å²) in [7, 11) is 0.170. The molecule has 1 unspecified atom stereocenters. The minimum Gasteiger partial charge on any atom is -0.395 e. The molecule has 0 radical (unpaired) electrons. The average molecular weight is 451 g/mol. The number of benzene rings is 2. The standard InChI is InChI=1S/C23H31ClN2O3S/c1-18(2)16-22(17-27)26(30(28,29)23-13-9-20(24)10-14-23)15-5-6-19-7-11-21(12-8-19)25(3)4/h5-14,18,22,27H,15-17H2,1-4H3/b6-5+. The van der Waals surface area contributed by atoms with Gasteiger partial charge in [0.1, 0.15) is 0 Å². The van der Waals surface area contributed by atoms with E-state index < -0.39 is 16.1 Å². The fourth-order valence-corrected chi connectivity index (χ4v) is 4.89. The second-order valence-corrected chi connectivity index (χ2v) is 10.2. The SMILES string of the molecule is CC(C)CC(CO)N(C/C=C/c1ccc(N(C)C)cc1)S(=O)(=O)c1ccc(Cl)cc1. The normalized spacial score (nSPS) is 13.3. The van der Waals surface area contributed by atoms with Crippen molar-refractivity contribution in [2.24, 2.45) is 5.92 Å². The molecule has 0 heterocycles. The molecular weight excluding hydrogens is 420 g/mol. The highest BCUT2D eigenvalue weighted by molar-refractivity contribution is 7.89. The Morgan fingerprint density at radius 3 is 2.13 bits per heavy atom. The van der Waals surface area contributed by atoms with E-state index in [0.29, 0.717) is 11.4 Å². The van der Waals surface area contributed by atoms with Gasteiger partial charge in [0.15, 0.2) is 0 Å². The number of aliphatic hydroxyl groups is 1. The van der Waals surface area contributed by atoms with E-state index in [1.165, 1.54) is 16.4 Å². The smallest absolute Gasteiger partial charge is 0.243 e. The average Bonchev–Trinajstić information content (AvgIpc) is 2.70. The van der Waals surface area contributed by atoms with Crippen molar-refractivity contribution < 1.29 is 13.5 Å². The van der Waals surface area contributed by atoms with E-state index >= 15 is 0 Å². The van der Waals surface area contributed by atoms with Crippen LogP contribution < -0.4 is 4.90 Å². The highest BCUT2D eigenvalue weighted by atomic mass is 35.5. The third-order valence-corrected chi connectivity index (χ3v) is 6.97. The molecule has 0 aliphatic carbocycles. The predicted molar refractivity (Wildman–Crippen MR) is 125 cm³/mol. The molecule has 5 nitrogen and oxygen atoms in total. The molecule has 0 amide bonds. The number of aliphatic hydroxyl groups excluding tert-OH is 1. The molecule has 1 N–H and O–H groups in total. The van der Waals surface area contributed by atoms with Crippen molar-refractivity contribution >= 4 is 33.4 Å². The minimum atomic E-state index is -3.79. The van der Waals surface area contributed by atoms with Gasteiger partial charge in [0, 0.05) is 37.4 Å². The number of sulfonamides is 1. The Balaban J connectivity index is 2.30. The van der Waals surface area contributed by atoms with Crippen molar-refractivity contribution in [2.75, 3.05) is 32.1 Å². The fraction of sp³-hybridized carbons (Fsp3) is 0.391. The molecule has 0 fully saturated rings. The van der Waals surface area contributed by atoms with Gasteiger partial charge in [0.05, 0.1) is 11.5 Å². The van der Waals surface area contributed by atoms with Crippen LogP contribution in [0.15, 0.2) is 59.5 Å². The second kappa shape index (κ2) is 11.0. The minimum absolute atomic E-state index is 0.165. The van der Waals surface area contributed by atoms with Crippen LogP contribution in [0.1, 0.15) is 25.8 Å². The van der Waals surface area contributed by atoms with Gasteiger partial charge in [-0.1, -0.05) is 49.7 Å². The van der Waals surface area contributed by atoms with Crippen molar-refractivity contribution in [3.8, 4) is 0 Å². The molecule has 0 aliphatic heterocycles. The number of hydrogen-bond acceptors (Lipinski definition) is 4. The third-order valence-electron chi connectivity index (χ3n) is 4.79. The van der Waals surface area contributed by atoms with Gasteiger partial charge < -0.3 is 10.0 Å². The largest absolute Gasteiger partial charge is 0.395 e. The van der Waals surface area contributed by atoms with Gasteiger partial charge in [-0.15, -0.1) is 0 Å². The van der Waals surface area contributed by atoms with E-state index in [9.17, 15) is 13.5 Å². The molecular formula is C23H31ClN2O3S. The van der Waals surface area contributed by atoms with E-state index in [-0.39, 0.29) is 24.0 Å². The van der Waals surface area contributed by atoms with E-state index in [2.05, 4.69) is 0 Å². The molecule has 2 rings (SSSR count). The molecule has 7 heteroatoms. The molecule has 0 spiro atoms. The van der Waals surface area contributed by atoms with Gasteiger partial charge in [-0.2, -0.15) is 4.31 Å². The second-order valence-electron chi connectivity index (χ2n) is 7.88. The van der Waals surface area contributed by atoms with E-state index in [1.54, 1.807) is 12.1 Å².